The Labute approximate surface area is 78.1 Å². The van der Waals surface area contributed by atoms with Crippen LogP contribution in [0.2, 0.25) is 0 Å². The first-order valence-corrected chi connectivity index (χ1v) is 5.35. The number of thiophene rings is 1. The molecule has 0 unspecified atom stereocenters. The third kappa shape index (κ3) is 2.53. The lowest BCUT2D eigenvalue weighted by atomic mass is 10.1. The Bertz CT molecular complexity index is 225. The molecule has 1 rings (SSSR count). The Morgan fingerprint density at radius 1 is 1.45 bits per heavy atom. The summed E-state index contributed by atoms with van der Waals surface area (Å²) in [5.74, 6) is 0.994. The van der Waals surface area contributed by atoms with Crippen molar-refractivity contribution in [3.63, 3.8) is 0 Å². The van der Waals surface area contributed by atoms with Crippen molar-refractivity contribution in [1.82, 2.24) is 0 Å². The van der Waals surface area contributed by atoms with Crippen molar-refractivity contribution in [1.29, 1.82) is 0 Å². The summed E-state index contributed by atoms with van der Waals surface area (Å²) < 4.78 is 0. The molecule has 0 fully saturated rings. The van der Waals surface area contributed by atoms with Crippen LogP contribution in [0.1, 0.15) is 21.7 Å². The maximum Gasteiger partial charge on any atom is 0.00490 e. The van der Waals surface area contributed by atoms with Crippen LogP contribution >= 0.6 is 24.0 Å². The van der Waals surface area contributed by atoms with Crippen LogP contribution in [0.4, 0.5) is 0 Å². The monoisotopic (exact) mass is 186 g/mol. The van der Waals surface area contributed by atoms with E-state index in [1.165, 1.54) is 28.2 Å². The Hall–Kier alpha value is 0.0500. The topological polar surface area (TPSA) is 0 Å². The molecule has 0 N–H and O–H groups in total. The van der Waals surface area contributed by atoms with Gasteiger partial charge in [-0.25, -0.2) is 0 Å². The molecule has 1 aromatic heterocycles. The summed E-state index contributed by atoms with van der Waals surface area (Å²) in [6.45, 7) is 4.37. The average molecular weight is 186 g/mol. The predicted molar refractivity (Wildman–Crippen MR) is 56.0 cm³/mol. The maximum atomic E-state index is 4.20. The van der Waals surface area contributed by atoms with Gasteiger partial charge in [-0.15, -0.1) is 11.3 Å². The quantitative estimate of drug-likeness (QED) is 0.688. The van der Waals surface area contributed by atoms with Gasteiger partial charge in [0.05, 0.1) is 0 Å². The minimum Gasteiger partial charge on any atom is -0.179 e. The SMILES string of the molecule is Cc1cc(CCCS)c(C)s1. The van der Waals surface area contributed by atoms with Gasteiger partial charge < -0.3 is 0 Å². The molecule has 11 heavy (non-hydrogen) atoms. The molecular weight excluding hydrogens is 172 g/mol. The zero-order chi connectivity index (χ0) is 8.27. The summed E-state index contributed by atoms with van der Waals surface area (Å²) in [7, 11) is 0. The predicted octanol–water partition coefficient (Wildman–Crippen LogP) is 3.23. The van der Waals surface area contributed by atoms with Crippen LogP contribution in [0.25, 0.3) is 0 Å². The minimum absolute atomic E-state index is 0.994. The molecule has 0 spiro atoms. The summed E-state index contributed by atoms with van der Waals surface area (Å²) in [4.78, 5) is 2.90. The first kappa shape index (κ1) is 9.14. The second-order valence-corrected chi connectivity index (χ2v) is 4.67. The minimum atomic E-state index is 0.994. The first-order chi connectivity index (χ1) is 5.24. The molecule has 1 heterocycles. The number of aryl methyl sites for hydroxylation is 3. The highest BCUT2D eigenvalue weighted by molar-refractivity contribution is 7.80. The standard InChI is InChI=1S/C9H14S2/c1-7-6-9(4-3-5-10)8(2)11-7/h6,10H,3-5H2,1-2H3. The van der Waals surface area contributed by atoms with E-state index in [0.29, 0.717) is 0 Å². The Kier molecular flexibility index (Phi) is 3.46. The van der Waals surface area contributed by atoms with E-state index in [1.54, 1.807) is 0 Å². The van der Waals surface area contributed by atoms with E-state index in [1.807, 2.05) is 11.3 Å². The molecule has 0 bridgehead atoms. The van der Waals surface area contributed by atoms with Crippen molar-refractivity contribution < 1.29 is 0 Å². The smallest absolute Gasteiger partial charge is 0.00490 e. The Morgan fingerprint density at radius 2 is 2.18 bits per heavy atom. The third-order valence-corrected chi connectivity index (χ3v) is 3.07. The van der Waals surface area contributed by atoms with Gasteiger partial charge in [0.25, 0.3) is 0 Å². The highest BCUT2D eigenvalue weighted by Gasteiger charge is 2.00. The lowest BCUT2D eigenvalue weighted by molar-refractivity contribution is 0.933. The Balaban J connectivity index is 2.62. The molecule has 62 valence electrons. The van der Waals surface area contributed by atoms with Crippen LogP contribution < -0.4 is 0 Å². The molecule has 0 aliphatic rings. The van der Waals surface area contributed by atoms with Gasteiger partial charge in [0.1, 0.15) is 0 Å². The highest BCUT2D eigenvalue weighted by atomic mass is 32.1. The lowest BCUT2D eigenvalue weighted by Crippen LogP contribution is -1.84. The van der Waals surface area contributed by atoms with Crippen molar-refractivity contribution in [2.24, 2.45) is 0 Å². The van der Waals surface area contributed by atoms with Crippen molar-refractivity contribution >= 4 is 24.0 Å². The number of hydrogen-bond donors (Lipinski definition) is 1. The summed E-state index contributed by atoms with van der Waals surface area (Å²) in [5.41, 5.74) is 1.52. The van der Waals surface area contributed by atoms with E-state index in [9.17, 15) is 0 Å². The van der Waals surface area contributed by atoms with Gasteiger partial charge >= 0.3 is 0 Å². The van der Waals surface area contributed by atoms with E-state index in [0.717, 1.165) is 5.75 Å². The first-order valence-electron chi connectivity index (χ1n) is 3.91. The second-order valence-electron chi connectivity index (χ2n) is 2.77. The Morgan fingerprint density at radius 3 is 2.64 bits per heavy atom. The number of thiol groups is 1. The summed E-state index contributed by atoms with van der Waals surface area (Å²) in [6, 6.07) is 2.30. The fourth-order valence-corrected chi connectivity index (χ4v) is 2.34. The van der Waals surface area contributed by atoms with E-state index < -0.39 is 0 Å². The molecule has 0 saturated carbocycles. The van der Waals surface area contributed by atoms with Crippen LogP contribution in [0, 0.1) is 13.8 Å². The molecule has 0 aliphatic carbocycles. The van der Waals surface area contributed by atoms with Crippen LogP contribution in [0.15, 0.2) is 6.07 Å². The van der Waals surface area contributed by atoms with Gasteiger partial charge in [0.15, 0.2) is 0 Å². The van der Waals surface area contributed by atoms with Crippen molar-refractivity contribution in [3.05, 3.63) is 21.4 Å². The van der Waals surface area contributed by atoms with Crippen LogP contribution in [0.5, 0.6) is 0 Å². The van der Waals surface area contributed by atoms with Gasteiger partial charge in [-0.05, 0) is 44.1 Å². The van der Waals surface area contributed by atoms with Crippen molar-refractivity contribution in [2.75, 3.05) is 5.75 Å². The zero-order valence-corrected chi connectivity index (χ0v) is 8.77. The van der Waals surface area contributed by atoms with Gasteiger partial charge in [-0.3, -0.25) is 0 Å². The fraction of sp³-hybridized carbons (Fsp3) is 0.556. The van der Waals surface area contributed by atoms with E-state index >= 15 is 0 Å². The number of rotatable bonds is 3. The lowest BCUT2D eigenvalue weighted by Gasteiger charge is -1.95. The van der Waals surface area contributed by atoms with Crippen molar-refractivity contribution in [3.8, 4) is 0 Å². The highest BCUT2D eigenvalue weighted by Crippen LogP contribution is 2.21. The summed E-state index contributed by atoms with van der Waals surface area (Å²) in [6.07, 6.45) is 2.39. The van der Waals surface area contributed by atoms with Crippen LogP contribution in [0.3, 0.4) is 0 Å². The molecule has 0 amide bonds. The summed E-state index contributed by atoms with van der Waals surface area (Å²) in [5, 5.41) is 0. The van der Waals surface area contributed by atoms with E-state index in [2.05, 4.69) is 32.5 Å². The molecule has 0 aromatic carbocycles. The molecule has 1 aromatic rings. The molecular formula is C9H14S2. The van der Waals surface area contributed by atoms with E-state index in [-0.39, 0.29) is 0 Å². The molecule has 0 nitrogen and oxygen atoms in total. The van der Waals surface area contributed by atoms with Crippen molar-refractivity contribution in [2.45, 2.75) is 26.7 Å². The maximum absolute atomic E-state index is 4.20. The molecule has 0 atom stereocenters. The second kappa shape index (κ2) is 4.17. The molecule has 0 aliphatic heterocycles. The third-order valence-electron chi connectivity index (χ3n) is 1.75. The van der Waals surface area contributed by atoms with Gasteiger partial charge in [-0.1, -0.05) is 0 Å². The van der Waals surface area contributed by atoms with Gasteiger partial charge in [0, 0.05) is 9.75 Å². The largest absolute Gasteiger partial charge is 0.179 e. The van der Waals surface area contributed by atoms with E-state index in [4.69, 9.17) is 0 Å². The fourth-order valence-electron chi connectivity index (χ4n) is 1.20. The molecule has 0 radical (unpaired) electrons. The molecule has 0 saturated heterocycles. The van der Waals surface area contributed by atoms with Gasteiger partial charge in [-0.2, -0.15) is 12.6 Å². The normalized spacial score (nSPS) is 10.5. The molecule has 2 heteroatoms. The summed E-state index contributed by atoms with van der Waals surface area (Å²) >= 11 is 6.09. The zero-order valence-electron chi connectivity index (χ0n) is 7.05. The van der Waals surface area contributed by atoms with Crippen LogP contribution in [-0.4, -0.2) is 5.75 Å². The van der Waals surface area contributed by atoms with Gasteiger partial charge in [0.2, 0.25) is 0 Å². The number of hydrogen-bond acceptors (Lipinski definition) is 2. The average Bonchev–Trinajstić information content (AvgIpc) is 2.26. The van der Waals surface area contributed by atoms with Crippen LogP contribution in [-0.2, 0) is 6.42 Å².